The van der Waals surface area contributed by atoms with Gasteiger partial charge in [0.05, 0.1) is 5.92 Å². The lowest BCUT2D eigenvalue weighted by molar-refractivity contribution is -0.138. The molecule has 1 unspecified atom stereocenters. The van der Waals surface area contributed by atoms with Crippen LogP contribution < -0.4 is 5.73 Å². The summed E-state index contributed by atoms with van der Waals surface area (Å²) in [6.07, 6.45) is 0.936. The number of aliphatic carboxylic acids is 1. The Kier molecular flexibility index (Phi) is 5.96. The maximum absolute atomic E-state index is 11.1. The van der Waals surface area contributed by atoms with E-state index in [-0.39, 0.29) is 0 Å². The van der Waals surface area contributed by atoms with E-state index in [2.05, 4.69) is 0 Å². The van der Waals surface area contributed by atoms with Crippen LogP contribution in [0.4, 0.5) is 0 Å². The van der Waals surface area contributed by atoms with Gasteiger partial charge in [0.2, 0.25) is 0 Å². The zero-order chi connectivity index (χ0) is 11.8. The van der Waals surface area contributed by atoms with E-state index < -0.39 is 11.9 Å². The Bertz CT molecular complexity index is 316. The molecule has 0 heterocycles. The molecule has 3 nitrogen and oxygen atoms in total. The maximum Gasteiger partial charge on any atom is 0.311 e. The quantitative estimate of drug-likeness (QED) is 0.714. The van der Waals surface area contributed by atoms with Crippen LogP contribution in [0.3, 0.4) is 0 Å². The summed E-state index contributed by atoms with van der Waals surface area (Å²) in [6, 6.07) is 9.36. The van der Waals surface area contributed by atoms with Crippen LogP contribution in [0.2, 0.25) is 0 Å². The predicted octanol–water partition coefficient (Wildman–Crippen LogP) is 1.94. The van der Waals surface area contributed by atoms with Crippen LogP contribution >= 0.6 is 11.8 Å². The van der Waals surface area contributed by atoms with Crippen LogP contribution in [0.5, 0.6) is 0 Å². The van der Waals surface area contributed by atoms with E-state index in [1.807, 2.05) is 30.3 Å². The van der Waals surface area contributed by atoms with E-state index in [9.17, 15) is 4.79 Å². The Morgan fingerprint density at radius 2 is 2.06 bits per heavy atom. The first-order chi connectivity index (χ1) is 7.75. The SMILES string of the molecule is NCCCSCC(C(=O)O)c1ccccc1. The first kappa shape index (κ1) is 13.1. The van der Waals surface area contributed by atoms with Gasteiger partial charge in [-0.2, -0.15) is 11.8 Å². The van der Waals surface area contributed by atoms with Crippen LogP contribution in [0, 0.1) is 0 Å². The molecule has 0 saturated heterocycles. The standard InChI is InChI=1S/C12H17NO2S/c13-7-4-8-16-9-11(12(14)15)10-5-2-1-3-6-10/h1-3,5-6,11H,4,7-9,13H2,(H,14,15). The molecule has 0 aliphatic heterocycles. The number of rotatable bonds is 7. The van der Waals surface area contributed by atoms with Gasteiger partial charge in [0.1, 0.15) is 0 Å². The molecule has 1 aromatic rings. The maximum atomic E-state index is 11.1. The number of carboxylic acids is 1. The molecule has 0 aromatic heterocycles. The highest BCUT2D eigenvalue weighted by Crippen LogP contribution is 2.21. The van der Waals surface area contributed by atoms with Gasteiger partial charge < -0.3 is 10.8 Å². The minimum absolute atomic E-state index is 0.413. The van der Waals surface area contributed by atoms with Gasteiger partial charge >= 0.3 is 5.97 Å². The summed E-state index contributed by atoms with van der Waals surface area (Å²) in [5.41, 5.74) is 6.26. The molecule has 0 fully saturated rings. The number of hydrogen-bond acceptors (Lipinski definition) is 3. The van der Waals surface area contributed by atoms with Crippen molar-refractivity contribution >= 4 is 17.7 Å². The number of nitrogens with two attached hydrogens (primary N) is 1. The fourth-order valence-electron chi connectivity index (χ4n) is 1.38. The summed E-state index contributed by atoms with van der Waals surface area (Å²) in [6.45, 7) is 0.663. The molecule has 1 rings (SSSR count). The number of carbonyl (C=O) groups is 1. The van der Waals surface area contributed by atoms with Gasteiger partial charge in [0, 0.05) is 5.75 Å². The lowest BCUT2D eigenvalue weighted by Crippen LogP contribution is -2.14. The van der Waals surface area contributed by atoms with Crippen LogP contribution in [-0.4, -0.2) is 29.1 Å². The van der Waals surface area contributed by atoms with E-state index >= 15 is 0 Å². The van der Waals surface area contributed by atoms with Crippen molar-refractivity contribution in [1.29, 1.82) is 0 Å². The van der Waals surface area contributed by atoms with Gasteiger partial charge in [-0.1, -0.05) is 30.3 Å². The molecular formula is C12H17NO2S. The summed E-state index contributed by atoms with van der Waals surface area (Å²) in [5, 5.41) is 9.15. The van der Waals surface area contributed by atoms with Crippen molar-refractivity contribution in [3.8, 4) is 0 Å². The summed E-state index contributed by atoms with van der Waals surface area (Å²) in [4.78, 5) is 11.1. The number of carboxylic acid groups (broad SMARTS) is 1. The molecule has 0 amide bonds. The van der Waals surface area contributed by atoms with Crippen LogP contribution in [-0.2, 0) is 4.79 Å². The van der Waals surface area contributed by atoms with Gasteiger partial charge in [-0.25, -0.2) is 0 Å². The monoisotopic (exact) mass is 239 g/mol. The molecule has 1 atom stereocenters. The van der Waals surface area contributed by atoms with E-state index in [0.717, 1.165) is 17.7 Å². The third-order valence-corrected chi connectivity index (χ3v) is 3.42. The van der Waals surface area contributed by atoms with Crippen LogP contribution in [0.25, 0.3) is 0 Å². The van der Waals surface area contributed by atoms with Gasteiger partial charge in [-0.05, 0) is 24.3 Å². The van der Waals surface area contributed by atoms with E-state index in [0.29, 0.717) is 12.3 Å². The topological polar surface area (TPSA) is 63.3 Å². The lowest BCUT2D eigenvalue weighted by Gasteiger charge is -2.11. The van der Waals surface area contributed by atoms with Crippen molar-refractivity contribution in [3.05, 3.63) is 35.9 Å². The Morgan fingerprint density at radius 3 is 2.62 bits per heavy atom. The second-order valence-corrected chi connectivity index (χ2v) is 4.67. The molecule has 0 bridgehead atoms. The fourth-order valence-corrected chi connectivity index (χ4v) is 2.49. The molecule has 0 aliphatic carbocycles. The predicted molar refractivity (Wildman–Crippen MR) is 67.8 cm³/mol. The minimum Gasteiger partial charge on any atom is -0.481 e. The first-order valence-electron chi connectivity index (χ1n) is 5.31. The summed E-state index contributed by atoms with van der Waals surface area (Å²) in [7, 11) is 0. The highest BCUT2D eigenvalue weighted by molar-refractivity contribution is 7.99. The van der Waals surface area contributed by atoms with Gasteiger partial charge in [-0.3, -0.25) is 4.79 Å². The van der Waals surface area contributed by atoms with Gasteiger partial charge in [-0.15, -0.1) is 0 Å². The van der Waals surface area contributed by atoms with E-state index in [1.54, 1.807) is 11.8 Å². The smallest absolute Gasteiger partial charge is 0.311 e. The molecule has 0 aliphatic rings. The highest BCUT2D eigenvalue weighted by atomic mass is 32.2. The average Bonchev–Trinajstić information content (AvgIpc) is 2.30. The molecule has 0 spiro atoms. The van der Waals surface area contributed by atoms with Crippen molar-refractivity contribution in [3.63, 3.8) is 0 Å². The van der Waals surface area contributed by atoms with Crippen molar-refractivity contribution in [2.24, 2.45) is 5.73 Å². The molecule has 16 heavy (non-hydrogen) atoms. The van der Waals surface area contributed by atoms with Gasteiger partial charge in [0.25, 0.3) is 0 Å². The normalized spacial score (nSPS) is 12.3. The Labute approximate surface area is 100 Å². The molecule has 1 aromatic carbocycles. The fraction of sp³-hybridized carbons (Fsp3) is 0.417. The highest BCUT2D eigenvalue weighted by Gasteiger charge is 2.18. The number of thioether (sulfide) groups is 1. The second-order valence-electron chi connectivity index (χ2n) is 3.52. The number of benzene rings is 1. The largest absolute Gasteiger partial charge is 0.481 e. The molecular weight excluding hydrogens is 222 g/mol. The molecule has 0 saturated carbocycles. The molecule has 3 N–H and O–H groups in total. The van der Waals surface area contributed by atoms with Gasteiger partial charge in [0.15, 0.2) is 0 Å². The zero-order valence-corrected chi connectivity index (χ0v) is 9.95. The Balaban J connectivity index is 2.52. The Hall–Kier alpha value is -1.00. The van der Waals surface area contributed by atoms with Crippen LogP contribution in [0.1, 0.15) is 17.9 Å². The first-order valence-corrected chi connectivity index (χ1v) is 6.46. The summed E-state index contributed by atoms with van der Waals surface area (Å²) in [5.74, 6) is 0.363. The van der Waals surface area contributed by atoms with E-state index in [1.165, 1.54) is 0 Å². The molecule has 88 valence electrons. The van der Waals surface area contributed by atoms with Crippen LogP contribution in [0.15, 0.2) is 30.3 Å². The molecule has 4 heteroatoms. The lowest BCUT2D eigenvalue weighted by atomic mass is 10.0. The minimum atomic E-state index is -0.758. The number of hydrogen-bond donors (Lipinski definition) is 2. The average molecular weight is 239 g/mol. The molecule has 0 radical (unpaired) electrons. The third kappa shape index (κ3) is 4.24. The summed E-state index contributed by atoms with van der Waals surface area (Å²) < 4.78 is 0. The van der Waals surface area contributed by atoms with E-state index in [4.69, 9.17) is 10.8 Å². The third-order valence-electron chi connectivity index (χ3n) is 2.28. The van der Waals surface area contributed by atoms with Crippen molar-refractivity contribution in [1.82, 2.24) is 0 Å². The van der Waals surface area contributed by atoms with Crippen molar-refractivity contribution in [2.45, 2.75) is 12.3 Å². The Morgan fingerprint density at radius 1 is 1.38 bits per heavy atom. The van der Waals surface area contributed by atoms with Crippen molar-refractivity contribution in [2.75, 3.05) is 18.1 Å². The van der Waals surface area contributed by atoms with Crippen molar-refractivity contribution < 1.29 is 9.90 Å². The zero-order valence-electron chi connectivity index (χ0n) is 9.13. The second kappa shape index (κ2) is 7.30. The summed E-state index contributed by atoms with van der Waals surface area (Å²) >= 11 is 1.65.